The molecule has 2 aromatic heterocycles. The fourth-order valence-corrected chi connectivity index (χ4v) is 2.72. The second kappa shape index (κ2) is 8.47. The van der Waals surface area contributed by atoms with Gasteiger partial charge in [-0.15, -0.1) is 11.3 Å². The van der Waals surface area contributed by atoms with Crippen molar-refractivity contribution in [3.05, 3.63) is 52.6 Å². The third kappa shape index (κ3) is 5.68. The predicted octanol–water partition coefficient (Wildman–Crippen LogP) is 1.88. The van der Waals surface area contributed by atoms with Gasteiger partial charge in [0.2, 0.25) is 11.8 Å². The number of hydrogen-bond donors (Lipinski definition) is 3. The first-order valence-corrected chi connectivity index (χ1v) is 8.38. The monoisotopic (exact) mass is 348 g/mol. The molecule has 7 heteroatoms. The average molecular weight is 348 g/mol. The van der Waals surface area contributed by atoms with E-state index in [2.05, 4.69) is 10.6 Å². The predicted molar refractivity (Wildman–Crippen MR) is 92.3 cm³/mol. The maximum atomic E-state index is 11.8. The van der Waals surface area contributed by atoms with Crippen LogP contribution in [-0.4, -0.2) is 30.0 Å². The van der Waals surface area contributed by atoms with E-state index in [-0.39, 0.29) is 31.3 Å². The van der Waals surface area contributed by atoms with Gasteiger partial charge in [-0.05, 0) is 36.6 Å². The zero-order valence-electron chi connectivity index (χ0n) is 13.3. The average Bonchev–Trinajstić information content (AvgIpc) is 3.24. The second-order valence-corrected chi connectivity index (χ2v) is 6.37. The van der Waals surface area contributed by atoms with Crippen molar-refractivity contribution in [1.82, 2.24) is 10.6 Å². The molecule has 2 heterocycles. The molecule has 0 bridgehead atoms. The molecule has 2 aromatic rings. The number of nitrogens with one attached hydrogen (secondary N) is 2. The molecule has 0 radical (unpaired) electrons. The maximum absolute atomic E-state index is 11.8. The molecule has 128 valence electrons. The highest BCUT2D eigenvalue weighted by Crippen LogP contribution is 2.24. The van der Waals surface area contributed by atoms with Crippen molar-refractivity contribution < 1.29 is 19.1 Å². The van der Waals surface area contributed by atoms with E-state index in [0.29, 0.717) is 5.76 Å². The number of carbonyl (C=O) groups excluding carboxylic acids is 2. The van der Waals surface area contributed by atoms with Crippen molar-refractivity contribution in [2.75, 3.05) is 13.1 Å². The second-order valence-electron chi connectivity index (χ2n) is 5.42. The van der Waals surface area contributed by atoms with E-state index in [4.69, 9.17) is 4.42 Å². The highest BCUT2D eigenvalue weighted by molar-refractivity contribution is 7.10. The molecule has 0 fully saturated rings. The van der Waals surface area contributed by atoms with E-state index in [1.165, 1.54) is 23.7 Å². The lowest BCUT2D eigenvalue weighted by molar-refractivity contribution is -0.122. The van der Waals surface area contributed by atoms with Crippen molar-refractivity contribution in [3.8, 4) is 0 Å². The number of furan rings is 1. The topological polar surface area (TPSA) is 91.6 Å². The van der Waals surface area contributed by atoms with Gasteiger partial charge in [0.25, 0.3) is 0 Å². The van der Waals surface area contributed by atoms with Crippen molar-refractivity contribution in [1.29, 1.82) is 0 Å². The van der Waals surface area contributed by atoms with Crippen LogP contribution in [0.4, 0.5) is 0 Å². The normalized spacial score (nSPS) is 13.6. The summed E-state index contributed by atoms with van der Waals surface area (Å²) in [6, 6.07) is 7.13. The van der Waals surface area contributed by atoms with E-state index < -0.39 is 5.60 Å². The Bertz CT molecular complexity index is 676. The van der Waals surface area contributed by atoms with Crippen LogP contribution >= 0.6 is 11.3 Å². The number of amides is 2. The molecule has 0 saturated carbocycles. The van der Waals surface area contributed by atoms with Gasteiger partial charge in [-0.2, -0.15) is 0 Å². The third-order valence-corrected chi connectivity index (χ3v) is 4.40. The first-order valence-electron chi connectivity index (χ1n) is 7.50. The van der Waals surface area contributed by atoms with Crippen molar-refractivity contribution in [3.63, 3.8) is 0 Å². The van der Waals surface area contributed by atoms with Crippen LogP contribution in [0.3, 0.4) is 0 Å². The Morgan fingerprint density at radius 2 is 2.17 bits per heavy atom. The first-order chi connectivity index (χ1) is 11.5. The summed E-state index contributed by atoms with van der Waals surface area (Å²) in [6.07, 6.45) is 4.56. The Labute approximate surface area is 144 Å². The summed E-state index contributed by atoms with van der Waals surface area (Å²) in [5.74, 6) is 0.0469. The molecule has 2 rings (SSSR count). The van der Waals surface area contributed by atoms with Gasteiger partial charge in [0.05, 0.1) is 12.8 Å². The summed E-state index contributed by atoms with van der Waals surface area (Å²) in [4.78, 5) is 24.2. The molecule has 1 unspecified atom stereocenters. The molecular weight excluding hydrogens is 328 g/mol. The largest absolute Gasteiger partial charge is 0.465 e. The van der Waals surface area contributed by atoms with Crippen LogP contribution in [0.25, 0.3) is 6.08 Å². The van der Waals surface area contributed by atoms with Crippen molar-refractivity contribution >= 4 is 29.2 Å². The van der Waals surface area contributed by atoms with Gasteiger partial charge in [0.1, 0.15) is 11.4 Å². The summed E-state index contributed by atoms with van der Waals surface area (Å²) < 4.78 is 5.07. The molecule has 1 atom stereocenters. The molecule has 0 aliphatic heterocycles. The molecule has 3 N–H and O–H groups in total. The molecule has 0 aliphatic rings. The Balaban J connectivity index is 1.65. The highest BCUT2D eigenvalue weighted by Gasteiger charge is 2.24. The molecule has 2 amide bonds. The zero-order chi connectivity index (χ0) is 17.4. The van der Waals surface area contributed by atoms with E-state index in [1.54, 1.807) is 25.1 Å². The van der Waals surface area contributed by atoms with E-state index in [1.807, 2.05) is 17.5 Å². The van der Waals surface area contributed by atoms with E-state index >= 15 is 0 Å². The van der Waals surface area contributed by atoms with Crippen molar-refractivity contribution in [2.45, 2.75) is 18.9 Å². The Hall–Kier alpha value is -2.38. The number of hydrogen-bond acceptors (Lipinski definition) is 5. The lowest BCUT2D eigenvalue weighted by Crippen LogP contribution is -2.39. The highest BCUT2D eigenvalue weighted by atomic mass is 32.1. The number of thiophene rings is 1. The molecule has 0 spiro atoms. The van der Waals surface area contributed by atoms with Crippen LogP contribution < -0.4 is 10.6 Å². The van der Waals surface area contributed by atoms with Crippen LogP contribution in [0.1, 0.15) is 24.0 Å². The van der Waals surface area contributed by atoms with Gasteiger partial charge in [-0.3, -0.25) is 9.59 Å². The van der Waals surface area contributed by atoms with Crippen molar-refractivity contribution in [2.24, 2.45) is 0 Å². The van der Waals surface area contributed by atoms with E-state index in [9.17, 15) is 14.7 Å². The summed E-state index contributed by atoms with van der Waals surface area (Å²) in [5.41, 5.74) is -1.10. The van der Waals surface area contributed by atoms with Gasteiger partial charge >= 0.3 is 0 Å². The fraction of sp³-hybridized carbons (Fsp3) is 0.294. The lowest BCUT2D eigenvalue weighted by atomic mass is 10.1. The third-order valence-electron chi connectivity index (χ3n) is 3.28. The summed E-state index contributed by atoms with van der Waals surface area (Å²) in [5, 5.41) is 17.5. The maximum Gasteiger partial charge on any atom is 0.244 e. The Morgan fingerprint density at radius 1 is 1.33 bits per heavy atom. The number of aliphatic hydroxyl groups is 1. The Kier molecular flexibility index (Phi) is 6.34. The van der Waals surface area contributed by atoms with Crippen LogP contribution in [-0.2, 0) is 15.2 Å². The molecule has 0 saturated heterocycles. The van der Waals surface area contributed by atoms with Crippen LogP contribution in [0.15, 0.2) is 46.4 Å². The Morgan fingerprint density at radius 3 is 2.83 bits per heavy atom. The lowest BCUT2D eigenvalue weighted by Gasteiger charge is -2.22. The number of rotatable bonds is 8. The SMILES string of the molecule is CC(O)(CNC(=O)CCNC(=O)C=Cc1ccco1)c1cccs1. The standard InChI is InChI=1S/C17H20N2O4S/c1-17(22,14-5-3-11-24-14)12-19-16(21)8-9-18-15(20)7-6-13-4-2-10-23-13/h2-7,10-11,22H,8-9,12H2,1H3,(H,18,20)(H,19,21). The van der Waals surface area contributed by atoms with E-state index in [0.717, 1.165) is 4.88 Å². The van der Waals surface area contributed by atoms with Crippen LogP contribution in [0.2, 0.25) is 0 Å². The fourth-order valence-electron chi connectivity index (χ4n) is 1.93. The smallest absolute Gasteiger partial charge is 0.244 e. The molecule has 24 heavy (non-hydrogen) atoms. The van der Waals surface area contributed by atoms with Gasteiger partial charge in [-0.1, -0.05) is 6.07 Å². The summed E-state index contributed by atoms with van der Waals surface area (Å²) >= 11 is 1.43. The van der Waals surface area contributed by atoms with Gasteiger partial charge in [0, 0.05) is 23.9 Å². The number of carbonyl (C=O) groups is 2. The molecule has 0 aromatic carbocycles. The van der Waals surface area contributed by atoms with Gasteiger partial charge in [0.15, 0.2) is 0 Å². The quantitative estimate of drug-likeness (QED) is 0.635. The molecule has 6 nitrogen and oxygen atoms in total. The van der Waals surface area contributed by atoms with Gasteiger partial charge in [-0.25, -0.2) is 0 Å². The van der Waals surface area contributed by atoms with Crippen LogP contribution in [0.5, 0.6) is 0 Å². The molecule has 0 aliphatic carbocycles. The minimum absolute atomic E-state index is 0.124. The molecular formula is C17H20N2O4S. The van der Waals surface area contributed by atoms with Gasteiger partial charge < -0.3 is 20.2 Å². The van der Waals surface area contributed by atoms with Crippen LogP contribution in [0, 0.1) is 0 Å². The minimum Gasteiger partial charge on any atom is -0.465 e. The zero-order valence-corrected chi connectivity index (χ0v) is 14.1. The summed E-state index contributed by atoms with van der Waals surface area (Å²) in [7, 11) is 0. The first kappa shape index (κ1) is 18.0. The summed E-state index contributed by atoms with van der Waals surface area (Å²) in [6.45, 7) is 1.99. The minimum atomic E-state index is -1.10.